The van der Waals surface area contributed by atoms with Crippen LogP contribution in [0.25, 0.3) is 0 Å². The molecule has 2 aromatic carbocycles. The Hall–Kier alpha value is -3.51. The molecule has 0 saturated carbocycles. The van der Waals surface area contributed by atoms with Crippen LogP contribution in [0.1, 0.15) is 5.56 Å². The number of nitro groups is 1. The lowest BCUT2D eigenvalue weighted by Gasteiger charge is -2.28. The maximum Gasteiger partial charge on any atom is 0.271 e. The lowest BCUT2D eigenvalue weighted by Crippen LogP contribution is -2.43. The van der Waals surface area contributed by atoms with Crippen molar-refractivity contribution in [3.05, 3.63) is 52.1 Å². The van der Waals surface area contributed by atoms with Gasteiger partial charge >= 0.3 is 0 Å². The largest absolute Gasteiger partial charge is 0.482 e. The molecule has 0 bridgehead atoms. The fraction of sp³-hybridized carbons (Fsp3) is 0.222. The first-order valence-corrected chi connectivity index (χ1v) is 10.2. The predicted molar refractivity (Wildman–Crippen MR) is 107 cm³/mol. The number of rotatable bonds is 6. The molecule has 2 aromatic rings. The summed E-state index contributed by atoms with van der Waals surface area (Å²) in [6, 6.07) is 8.13. The first kappa shape index (κ1) is 21.2. The molecule has 11 nitrogen and oxygen atoms in total. The molecule has 0 spiro atoms. The quantitative estimate of drug-likeness (QED) is 0.512. The number of non-ortho nitro benzene ring substituents is 1. The lowest BCUT2D eigenvalue weighted by molar-refractivity contribution is -0.384. The molecule has 2 N–H and O–H groups in total. The number of nitrogens with one attached hydrogen (secondary N) is 2. The van der Waals surface area contributed by atoms with Gasteiger partial charge in [-0.05, 0) is 37.7 Å². The molecule has 1 aliphatic rings. The Labute approximate surface area is 171 Å². The number of sulfonamides is 1. The molecule has 30 heavy (non-hydrogen) atoms. The first-order valence-electron chi connectivity index (χ1n) is 8.68. The standard InChI is InChI=1S/C18H18N4O7S/c1-11-3-4-12(7-16(11)30(27,28)19-2)20-17(23)9-21-14-8-13(22(25)26)5-6-15(14)29-10-18(21)24/h3-8,19H,9-10H2,1-2H3,(H,20,23). The lowest BCUT2D eigenvalue weighted by atomic mass is 10.2. The van der Waals surface area contributed by atoms with Crippen LogP contribution in [-0.4, -0.2) is 45.4 Å². The van der Waals surface area contributed by atoms with E-state index in [0.717, 1.165) is 11.0 Å². The fourth-order valence-electron chi connectivity index (χ4n) is 2.90. The molecule has 1 aliphatic heterocycles. The third-order valence-corrected chi connectivity index (χ3v) is 5.98. The average molecular weight is 434 g/mol. The number of benzene rings is 2. The second-order valence-electron chi connectivity index (χ2n) is 6.41. The maximum atomic E-state index is 12.5. The Morgan fingerprint density at radius 1 is 1.27 bits per heavy atom. The first-order chi connectivity index (χ1) is 14.1. The Morgan fingerprint density at radius 2 is 2.00 bits per heavy atom. The van der Waals surface area contributed by atoms with Gasteiger partial charge in [-0.2, -0.15) is 0 Å². The SMILES string of the molecule is CNS(=O)(=O)c1cc(NC(=O)CN2C(=O)COc3ccc([N+](=O)[O-])cc32)ccc1C. The van der Waals surface area contributed by atoms with Crippen molar-refractivity contribution in [1.29, 1.82) is 0 Å². The highest BCUT2D eigenvalue weighted by Gasteiger charge is 2.29. The number of carbonyl (C=O) groups is 2. The summed E-state index contributed by atoms with van der Waals surface area (Å²) in [6.45, 7) is 0.873. The van der Waals surface area contributed by atoms with E-state index in [2.05, 4.69) is 10.0 Å². The van der Waals surface area contributed by atoms with E-state index in [1.165, 1.54) is 31.3 Å². The number of hydrogen-bond donors (Lipinski definition) is 2. The summed E-state index contributed by atoms with van der Waals surface area (Å²) in [4.78, 5) is 36.3. The van der Waals surface area contributed by atoms with Crippen molar-refractivity contribution in [2.75, 3.05) is 30.4 Å². The topological polar surface area (TPSA) is 148 Å². The molecule has 0 atom stereocenters. The number of carbonyl (C=O) groups excluding carboxylic acids is 2. The summed E-state index contributed by atoms with van der Waals surface area (Å²) in [7, 11) is -2.44. The minimum atomic E-state index is -3.72. The van der Waals surface area contributed by atoms with Gasteiger partial charge in [0.2, 0.25) is 15.9 Å². The molecule has 0 unspecified atom stereocenters. The van der Waals surface area contributed by atoms with Gasteiger partial charge in [0.25, 0.3) is 11.6 Å². The van der Waals surface area contributed by atoms with Crippen LogP contribution in [0.15, 0.2) is 41.3 Å². The normalized spacial score (nSPS) is 13.4. The zero-order chi connectivity index (χ0) is 22.1. The Bertz CT molecular complexity index is 1150. The summed E-state index contributed by atoms with van der Waals surface area (Å²) in [5.74, 6) is -0.911. The Kier molecular flexibility index (Phi) is 5.71. The molecule has 2 amide bonds. The van der Waals surface area contributed by atoms with E-state index in [-0.39, 0.29) is 34.3 Å². The van der Waals surface area contributed by atoms with Gasteiger partial charge in [0, 0.05) is 17.8 Å². The van der Waals surface area contributed by atoms with Gasteiger partial charge in [-0.25, -0.2) is 13.1 Å². The number of amides is 2. The van der Waals surface area contributed by atoms with Crippen LogP contribution in [0.5, 0.6) is 5.75 Å². The monoisotopic (exact) mass is 434 g/mol. The van der Waals surface area contributed by atoms with Crippen LogP contribution < -0.4 is 19.7 Å². The van der Waals surface area contributed by atoms with Crippen molar-refractivity contribution < 1.29 is 27.7 Å². The predicted octanol–water partition coefficient (Wildman–Crippen LogP) is 1.18. The van der Waals surface area contributed by atoms with E-state index in [9.17, 15) is 28.1 Å². The van der Waals surface area contributed by atoms with Gasteiger partial charge < -0.3 is 10.1 Å². The molecule has 3 rings (SSSR count). The molecule has 12 heteroatoms. The van der Waals surface area contributed by atoms with Crippen LogP contribution in [0.2, 0.25) is 0 Å². The third kappa shape index (κ3) is 4.23. The summed E-state index contributed by atoms with van der Waals surface area (Å²) in [5, 5.41) is 13.6. The minimum Gasteiger partial charge on any atom is -0.482 e. The maximum absolute atomic E-state index is 12.5. The van der Waals surface area contributed by atoms with Gasteiger partial charge in [0.05, 0.1) is 15.5 Å². The molecular weight excluding hydrogens is 416 g/mol. The summed E-state index contributed by atoms with van der Waals surface area (Å²) < 4.78 is 31.7. The summed E-state index contributed by atoms with van der Waals surface area (Å²) >= 11 is 0. The molecule has 0 saturated heterocycles. The smallest absolute Gasteiger partial charge is 0.271 e. The number of anilines is 2. The molecule has 1 heterocycles. The molecular formula is C18H18N4O7S. The average Bonchev–Trinajstić information content (AvgIpc) is 2.71. The number of nitro benzene ring substituents is 1. The molecule has 158 valence electrons. The second kappa shape index (κ2) is 8.08. The highest BCUT2D eigenvalue weighted by atomic mass is 32.2. The number of ether oxygens (including phenoxy) is 1. The van der Waals surface area contributed by atoms with Crippen molar-refractivity contribution in [3.8, 4) is 5.75 Å². The van der Waals surface area contributed by atoms with Crippen molar-refractivity contribution in [2.45, 2.75) is 11.8 Å². The molecule has 0 aliphatic carbocycles. The zero-order valence-corrected chi connectivity index (χ0v) is 16.9. The summed E-state index contributed by atoms with van der Waals surface area (Å²) in [6.07, 6.45) is 0. The van der Waals surface area contributed by atoms with E-state index in [4.69, 9.17) is 4.74 Å². The third-order valence-electron chi connectivity index (χ3n) is 4.43. The number of fused-ring (bicyclic) bond motifs is 1. The van der Waals surface area contributed by atoms with E-state index < -0.39 is 33.3 Å². The molecule has 0 aromatic heterocycles. The van der Waals surface area contributed by atoms with Gasteiger partial charge in [0.15, 0.2) is 6.61 Å². The van der Waals surface area contributed by atoms with Crippen molar-refractivity contribution >= 4 is 38.9 Å². The highest BCUT2D eigenvalue weighted by molar-refractivity contribution is 7.89. The number of hydrogen-bond acceptors (Lipinski definition) is 7. The Morgan fingerprint density at radius 3 is 2.67 bits per heavy atom. The van der Waals surface area contributed by atoms with Crippen molar-refractivity contribution in [2.24, 2.45) is 0 Å². The molecule has 0 radical (unpaired) electrons. The van der Waals surface area contributed by atoms with Gasteiger partial charge in [-0.3, -0.25) is 24.6 Å². The van der Waals surface area contributed by atoms with Crippen LogP contribution in [0, 0.1) is 17.0 Å². The summed E-state index contributed by atoms with van der Waals surface area (Å²) in [5.41, 5.74) is 0.571. The Balaban J connectivity index is 1.84. The van der Waals surface area contributed by atoms with Crippen molar-refractivity contribution in [1.82, 2.24) is 4.72 Å². The van der Waals surface area contributed by atoms with E-state index in [1.807, 2.05) is 0 Å². The van der Waals surface area contributed by atoms with Crippen LogP contribution in [-0.2, 0) is 19.6 Å². The van der Waals surface area contributed by atoms with Gasteiger partial charge in [-0.1, -0.05) is 6.07 Å². The molecule has 0 fully saturated rings. The second-order valence-corrected chi connectivity index (χ2v) is 8.27. The number of aryl methyl sites for hydroxylation is 1. The minimum absolute atomic E-state index is 0.00576. The van der Waals surface area contributed by atoms with Crippen LogP contribution in [0.3, 0.4) is 0 Å². The fourth-order valence-corrected chi connectivity index (χ4v) is 3.89. The highest BCUT2D eigenvalue weighted by Crippen LogP contribution is 2.35. The van der Waals surface area contributed by atoms with E-state index >= 15 is 0 Å². The van der Waals surface area contributed by atoms with Crippen molar-refractivity contribution in [3.63, 3.8) is 0 Å². The van der Waals surface area contributed by atoms with E-state index in [1.54, 1.807) is 13.0 Å². The van der Waals surface area contributed by atoms with Crippen LogP contribution >= 0.6 is 0 Å². The van der Waals surface area contributed by atoms with Crippen LogP contribution in [0.4, 0.5) is 17.1 Å². The van der Waals surface area contributed by atoms with Gasteiger partial charge in [0.1, 0.15) is 12.3 Å². The van der Waals surface area contributed by atoms with Gasteiger partial charge in [-0.15, -0.1) is 0 Å². The zero-order valence-electron chi connectivity index (χ0n) is 16.0. The number of nitrogens with zero attached hydrogens (tertiary/aromatic N) is 2. The van der Waals surface area contributed by atoms with E-state index in [0.29, 0.717) is 5.56 Å².